The maximum atomic E-state index is 13.8. The molecular weight excluding hydrogens is 546 g/mol. The number of aliphatic hydroxyl groups is 1. The molecule has 42 heavy (non-hydrogen) atoms. The molecule has 8 N–H and O–H groups in total. The molecule has 1 heterocycles. The summed E-state index contributed by atoms with van der Waals surface area (Å²) in [4.78, 5) is 65.7. The van der Waals surface area contributed by atoms with Crippen molar-refractivity contribution in [3.05, 3.63) is 29.8 Å². The molecule has 13 heteroatoms. The molecule has 2 rings (SSSR count). The monoisotopic (exact) mass is 591 g/mol. The Morgan fingerprint density at radius 3 is 2.05 bits per heavy atom. The van der Waals surface area contributed by atoms with E-state index in [4.69, 9.17) is 5.73 Å². The third-order valence-electron chi connectivity index (χ3n) is 7.03. The van der Waals surface area contributed by atoms with E-state index in [-0.39, 0.29) is 37.0 Å². The number of carboxylic acids is 1. The number of nitrogens with two attached hydrogens (primary N) is 1. The van der Waals surface area contributed by atoms with E-state index in [0.717, 1.165) is 0 Å². The van der Waals surface area contributed by atoms with Gasteiger partial charge in [0.2, 0.25) is 23.6 Å². The third-order valence-corrected chi connectivity index (χ3v) is 7.03. The van der Waals surface area contributed by atoms with Gasteiger partial charge in [0, 0.05) is 13.0 Å². The molecule has 234 valence electrons. The zero-order chi connectivity index (χ0) is 31.6. The summed E-state index contributed by atoms with van der Waals surface area (Å²) < 4.78 is 0. The topological polar surface area (TPSA) is 211 Å². The number of rotatable bonds is 15. The van der Waals surface area contributed by atoms with Crippen LogP contribution in [-0.2, 0) is 30.4 Å². The van der Waals surface area contributed by atoms with Gasteiger partial charge in [0.1, 0.15) is 29.9 Å². The summed E-state index contributed by atoms with van der Waals surface area (Å²) in [5.74, 6) is -3.57. The predicted octanol–water partition coefficient (Wildman–Crippen LogP) is -0.123. The highest BCUT2D eigenvalue weighted by molar-refractivity contribution is 5.96. The molecule has 1 aliphatic rings. The molecule has 1 saturated heterocycles. The number of aromatic hydroxyl groups is 1. The molecular formula is C29H45N5O8. The number of phenols is 1. The number of likely N-dealkylation sites (tertiary alicyclic amines) is 1. The SMILES string of the molecule is CC(C)C[C@H](NC(=O)[C@@H]1CCCN1C(=O)[C@H](Cc1ccc(O)cc1)NC(=O)[C@@H](N)CC(C)C)C(=O)N[C@@H](CO)C(=O)O. The summed E-state index contributed by atoms with van der Waals surface area (Å²) in [6.07, 6.45) is 1.56. The second kappa shape index (κ2) is 16.1. The number of amides is 4. The highest BCUT2D eigenvalue weighted by Crippen LogP contribution is 2.21. The average Bonchev–Trinajstić information content (AvgIpc) is 3.41. The van der Waals surface area contributed by atoms with Crippen molar-refractivity contribution in [3.8, 4) is 5.75 Å². The summed E-state index contributed by atoms with van der Waals surface area (Å²) in [5, 5.41) is 35.8. The smallest absolute Gasteiger partial charge is 0.328 e. The number of aliphatic carboxylic acids is 1. The Balaban J connectivity index is 2.25. The van der Waals surface area contributed by atoms with Crippen LogP contribution in [-0.4, -0.2) is 93.2 Å². The number of carbonyl (C=O) groups excluding carboxylic acids is 4. The molecule has 1 fully saturated rings. The largest absolute Gasteiger partial charge is 0.508 e. The highest BCUT2D eigenvalue weighted by Gasteiger charge is 2.39. The molecule has 0 spiro atoms. The Kier molecular flexibility index (Phi) is 13.2. The molecule has 1 aromatic rings. The third kappa shape index (κ3) is 10.3. The van der Waals surface area contributed by atoms with E-state index < -0.39 is 66.4 Å². The number of nitrogens with one attached hydrogen (secondary N) is 3. The summed E-state index contributed by atoms with van der Waals surface area (Å²) in [7, 11) is 0. The first-order chi connectivity index (χ1) is 19.7. The van der Waals surface area contributed by atoms with Crippen molar-refractivity contribution >= 4 is 29.6 Å². The lowest BCUT2D eigenvalue weighted by molar-refractivity contribution is -0.144. The van der Waals surface area contributed by atoms with Crippen molar-refractivity contribution in [1.82, 2.24) is 20.9 Å². The van der Waals surface area contributed by atoms with Crippen molar-refractivity contribution in [2.45, 2.75) is 90.0 Å². The number of hydrogen-bond donors (Lipinski definition) is 7. The number of hydrogen-bond acceptors (Lipinski definition) is 8. The van der Waals surface area contributed by atoms with Crippen LogP contribution in [0.2, 0.25) is 0 Å². The van der Waals surface area contributed by atoms with Crippen molar-refractivity contribution in [1.29, 1.82) is 0 Å². The van der Waals surface area contributed by atoms with Crippen LogP contribution in [0.3, 0.4) is 0 Å². The number of aliphatic hydroxyl groups excluding tert-OH is 1. The first kappa shape index (κ1) is 34.5. The van der Waals surface area contributed by atoms with E-state index in [0.29, 0.717) is 24.8 Å². The van der Waals surface area contributed by atoms with Gasteiger partial charge in [-0.15, -0.1) is 0 Å². The molecule has 0 radical (unpaired) electrons. The maximum absolute atomic E-state index is 13.8. The summed E-state index contributed by atoms with van der Waals surface area (Å²) in [6, 6.07) is 0.806. The number of nitrogens with zero attached hydrogens (tertiary/aromatic N) is 1. The Bertz CT molecular complexity index is 1090. The fourth-order valence-corrected chi connectivity index (χ4v) is 4.89. The molecule has 0 unspecified atom stereocenters. The molecule has 5 atom stereocenters. The van der Waals surface area contributed by atoms with E-state index >= 15 is 0 Å². The molecule has 0 saturated carbocycles. The normalized spacial score (nSPS) is 17.8. The highest BCUT2D eigenvalue weighted by atomic mass is 16.4. The van der Waals surface area contributed by atoms with Gasteiger partial charge in [0.15, 0.2) is 0 Å². The zero-order valence-electron chi connectivity index (χ0n) is 24.7. The minimum absolute atomic E-state index is 0.0419. The molecule has 13 nitrogen and oxygen atoms in total. The minimum atomic E-state index is -1.53. The lowest BCUT2D eigenvalue weighted by Crippen LogP contribution is -2.58. The Morgan fingerprint density at radius 1 is 0.905 bits per heavy atom. The van der Waals surface area contributed by atoms with Crippen LogP contribution in [0.25, 0.3) is 0 Å². The standard InChI is InChI=1S/C29H45N5O8/c1-16(2)12-20(30)25(37)32-22(14-18-7-9-19(36)10-8-18)28(40)34-11-5-6-24(34)27(39)31-21(13-17(3)4)26(38)33-23(15-35)29(41)42/h7-10,16-17,20-24,35-36H,5-6,11-15,30H2,1-4H3,(H,31,39)(H,32,37)(H,33,38)(H,41,42)/t20-,21-,22-,23-,24-/m0/s1. The van der Waals surface area contributed by atoms with Gasteiger partial charge in [-0.05, 0) is 55.2 Å². The van der Waals surface area contributed by atoms with Gasteiger partial charge in [-0.3, -0.25) is 19.2 Å². The van der Waals surface area contributed by atoms with Gasteiger partial charge in [-0.25, -0.2) is 4.79 Å². The fourth-order valence-electron chi connectivity index (χ4n) is 4.89. The lowest BCUT2D eigenvalue weighted by Gasteiger charge is -2.31. The van der Waals surface area contributed by atoms with Gasteiger partial charge in [-0.2, -0.15) is 0 Å². The van der Waals surface area contributed by atoms with Crippen LogP contribution in [0, 0.1) is 11.8 Å². The molecule has 1 aliphatic heterocycles. The Morgan fingerprint density at radius 2 is 1.50 bits per heavy atom. The van der Waals surface area contributed by atoms with Crippen LogP contribution >= 0.6 is 0 Å². The molecule has 0 aliphatic carbocycles. The number of carbonyl (C=O) groups is 5. The second-order valence-electron chi connectivity index (χ2n) is 11.6. The van der Waals surface area contributed by atoms with E-state index in [1.807, 2.05) is 27.7 Å². The van der Waals surface area contributed by atoms with E-state index in [1.165, 1.54) is 17.0 Å². The summed E-state index contributed by atoms with van der Waals surface area (Å²) in [5.41, 5.74) is 6.75. The Labute approximate surface area is 246 Å². The minimum Gasteiger partial charge on any atom is -0.508 e. The average molecular weight is 592 g/mol. The first-order valence-corrected chi connectivity index (χ1v) is 14.3. The number of carboxylic acid groups (broad SMARTS) is 1. The van der Waals surface area contributed by atoms with Crippen LogP contribution in [0.15, 0.2) is 24.3 Å². The van der Waals surface area contributed by atoms with Gasteiger partial charge in [0.25, 0.3) is 0 Å². The van der Waals surface area contributed by atoms with Crippen LogP contribution in [0.5, 0.6) is 5.75 Å². The summed E-state index contributed by atoms with van der Waals surface area (Å²) in [6.45, 7) is 6.96. The van der Waals surface area contributed by atoms with Crippen LogP contribution < -0.4 is 21.7 Å². The van der Waals surface area contributed by atoms with Crippen molar-refractivity contribution in [2.75, 3.05) is 13.2 Å². The lowest BCUT2D eigenvalue weighted by atomic mass is 10.0. The van der Waals surface area contributed by atoms with E-state index in [1.54, 1.807) is 12.1 Å². The maximum Gasteiger partial charge on any atom is 0.328 e. The number of benzene rings is 1. The van der Waals surface area contributed by atoms with Crippen molar-refractivity contribution < 1.29 is 39.3 Å². The van der Waals surface area contributed by atoms with Crippen LogP contribution in [0.1, 0.15) is 58.9 Å². The number of phenolic OH excluding ortho intramolecular Hbond substituents is 1. The zero-order valence-corrected chi connectivity index (χ0v) is 24.7. The first-order valence-electron chi connectivity index (χ1n) is 14.3. The molecule has 0 bridgehead atoms. The molecule has 0 aromatic heterocycles. The van der Waals surface area contributed by atoms with E-state index in [2.05, 4.69) is 16.0 Å². The van der Waals surface area contributed by atoms with Crippen molar-refractivity contribution in [3.63, 3.8) is 0 Å². The quantitative estimate of drug-likeness (QED) is 0.145. The predicted molar refractivity (Wildman–Crippen MR) is 154 cm³/mol. The van der Waals surface area contributed by atoms with Crippen LogP contribution in [0.4, 0.5) is 0 Å². The fraction of sp³-hybridized carbons (Fsp3) is 0.621. The van der Waals surface area contributed by atoms with Gasteiger partial charge < -0.3 is 41.9 Å². The summed E-state index contributed by atoms with van der Waals surface area (Å²) >= 11 is 0. The van der Waals surface area contributed by atoms with E-state index in [9.17, 15) is 39.3 Å². The molecule has 4 amide bonds. The Hall–Kier alpha value is -3.71. The van der Waals surface area contributed by atoms with Gasteiger partial charge >= 0.3 is 5.97 Å². The van der Waals surface area contributed by atoms with Gasteiger partial charge in [-0.1, -0.05) is 39.8 Å². The van der Waals surface area contributed by atoms with Crippen molar-refractivity contribution in [2.24, 2.45) is 17.6 Å². The second-order valence-corrected chi connectivity index (χ2v) is 11.6. The molecule has 1 aromatic carbocycles. The van der Waals surface area contributed by atoms with Gasteiger partial charge in [0.05, 0.1) is 12.6 Å².